The summed E-state index contributed by atoms with van der Waals surface area (Å²) < 4.78 is 48.6. The van der Waals surface area contributed by atoms with Crippen LogP contribution in [0.15, 0.2) is 24.5 Å². The lowest BCUT2D eigenvalue weighted by molar-refractivity contribution is 0.243. The molecule has 28 heavy (non-hydrogen) atoms. The molecular formula is C18H19F3N6O. The monoisotopic (exact) mass is 392 g/mol. The molecule has 1 unspecified atom stereocenters. The van der Waals surface area contributed by atoms with Gasteiger partial charge in [0.25, 0.3) is 0 Å². The fourth-order valence-electron chi connectivity index (χ4n) is 3.34. The zero-order valence-corrected chi connectivity index (χ0v) is 15.1. The normalized spacial score (nSPS) is 20.0. The molecule has 148 valence electrons. The number of alkyl halides is 1. The number of hydrogen-bond acceptors (Lipinski definition) is 6. The highest BCUT2D eigenvalue weighted by molar-refractivity contribution is 5.80. The Labute approximate surface area is 159 Å². The number of piperidine rings is 1. The smallest absolute Gasteiger partial charge is 0.207 e. The van der Waals surface area contributed by atoms with Crippen LogP contribution >= 0.6 is 0 Å². The summed E-state index contributed by atoms with van der Waals surface area (Å²) in [5.74, 6) is -0.202. The van der Waals surface area contributed by atoms with Gasteiger partial charge in [-0.15, -0.1) is 0 Å². The fourth-order valence-corrected chi connectivity index (χ4v) is 3.34. The first kappa shape index (κ1) is 18.5. The van der Waals surface area contributed by atoms with Crippen molar-refractivity contribution >= 4 is 17.0 Å². The van der Waals surface area contributed by atoms with E-state index in [1.165, 1.54) is 25.6 Å². The van der Waals surface area contributed by atoms with Gasteiger partial charge in [0.2, 0.25) is 5.95 Å². The maximum absolute atomic E-state index is 14.3. The molecule has 0 amide bonds. The van der Waals surface area contributed by atoms with Crippen LogP contribution in [0.25, 0.3) is 11.0 Å². The van der Waals surface area contributed by atoms with E-state index in [1.807, 2.05) is 0 Å². The van der Waals surface area contributed by atoms with Crippen molar-refractivity contribution in [1.82, 2.24) is 19.5 Å². The van der Waals surface area contributed by atoms with E-state index in [-0.39, 0.29) is 30.5 Å². The van der Waals surface area contributed by atoms with Gasteiger partial charge in [-0.05, 0) is 6.42 Å². The number of fused-ring (bicyclic) bond motifs is 1. The number of imidazole rings is 1. The van der Waals surface area contributed by atoms with Crippen molar-refractivity contribution in [3.8, 4) is 5.75 Å². The minimum Gasteiger partial charge on any atom is -0.494 e. The number of rotatable bonds is 4. The topological polar surface area (TPSA) is 82.1 Å². The summed E-state index contributed by atoms with van der Waals surface area (Å²) in [7, 11) is 1.50. The molecule has 4 rings (SSSR count). The Kier molecular flexibility index (Phi) is 4.80. The number of ether oxygens (including phenoxy) is 1. The fraction of sp³-hybridized carbons (Fsp3) is 0.389. The average Bonchev–Trinajstić information content (AvgIpc) is 3.03. The Bertz CT molecular complexity index is 993. The van der Waals surface area contributed by atoms with Gasteiger partial charge < -0.3 is 19.9 Å². The summed E-state index contributed by atoms with van der Waals surface area (Å²) in [5.41, 5.74) is 6.16. The molecule has 1 saturated heterocycles. The molecule has 1 fully saturated rings. The molecule has 3 heterocycles. The first-order valence-electron chi connectivity index (χ1n) is 8.81. The first-order valence-corrected chi connectivity index (χ1v) is 8.81. The molecule has 0 saturated carbocycles. The molecule has 2 N–H and O–H groups in total. The molecule has 0 bridgehead atoms. The molecule has 10 heteroatoms. The minimum absolute atomic E-state index is 0.0286. The van der Waals surface area contributed by atoms with Gasteiger partial charge in [0.15, 0.2) is 11.6 Å². The van der Waals surface area contributed by atoms with E-state index in [9.17, 15) is 13.2 Å². The van der Waals surface area contributed by atoms with Gasteiger partial charge in [-0.3, -0.25) is 0 Å². The van der Waals surface area contributed by atoms with Crippen molar-refractivity contribution in [3.63, 3.8) is 0 Å². The largest absolute Gasteiger partial charge is 0.494 e. The number of hydrogen-bond donors (Lipinski definition) is 1. The Morgan fingerprint density at radius 3 is 2.68 bits per heavy atom. The van der Waals surface area contributed by atoms with E-state index in [4.69, 9.17) is 10.5 Å². The maximum Gasteiger partial charge on any atom is 0.207 e. The molecular weight excluding hydrogens is 373 g/mol. The average molecular weight is 392 g/mol. The zero-order chi connectivity index (χ0) is 19.8. The van der Waals surface area contributed by atoms with Crippen LogP contribution in [0.3, 0.4) is 0 Å². The van der Waals surface area contributed by atoms with Crippen molar-refractivity contribution in [2.45, 2.75) is 25.2 Å². The predicted octanol–water partition coefficient (Wildman–Crippen LogP) is 2.04. The predicted molar refractivity (Wildman–Crippen MR) is 97.0 cm³/mol. The van der Waals surface area contributed by atoms with Gasteiger partial charge in [0.1, 0.15) is 23.3 Å². The SMILES string of the molecule is COc1cnc(Cn2c(N3CCC(F)[C@H](N)C3)nc3c(F)cc(F)cc32)nc1. The van der Waals surface area contributed by atoms with Gasteiger partial charge in [-0.25, -0.2) is 28.1 Å². The third kappa shape index (κ3) is 3.35. The van der Waals surface area contributed by atoms with E-state index in [0.29, 0.717) is 24.1 Å². The Hall–Kier alpha value is -2.88. The highest BCUT2D eigenvalue weighted by atomic mass is 19.1. The lowest BCUT2D eigenvalue weighted by Crippen LogP contribution is -2.50. The number of anilines is 1. The second-order valence-electron chi connectivity index (χ2n) is 6.71. The number of benzene rings is 1. The van der Waals surface area contributed by atoms with Gasteiger partial charge in [0, 0.05) is 25.2 Å². The van der Waals surface area contributed by atoms with E-state index >= 15 is 0 Å². The van der Waals surface area contributed by atoms with Crippen LogP contribution in [-0.2, 0) is 6.54 Å². The van der Waals surface area contributed by atoms with Crippen LogP contribution in [0.2, 0.25) is 0 Å². The van der Waals surface area contributed by atoms with Crippen molar-refractivity contribution in [3.05, 3.63) is 42.0 Å². The van der Waals surface area contributed by atoms with Gasteiger partial charge in [-0.2, -0.15) is 0 Å². The lowest BCUT2D eigenvalue weighted by atomic mass is 10.1. The van der Waals surface area contributed by atoms with Crippen molar-refractivity contribution < 1.29 is 17.9 Å². The number of halogens is 3. The van der Waals surface area contributed by atoms with Crippen LogP contribution in [0.4, 0.5) is 19.1 Å². The van der Waals surface area contributed by atoms with Crippen LogP contribution in [0.1, 0.15) is 12.2 Å². The Morgan fingerprint density at radius 1 is 1.25 bits per heavy atom. The maximum atomic E-state index is 14.3. The molecule has 1 aliphatic heterocycles. The first-order chi connectivity index (χ1) is 13.5. The summed E-state index contributed by atoms with van der Waals surface area (Å²) in [6.07, 6.45) is 2.15. The molecule has 1 aromatic carbocycles. The number of nitrogens with zero attached hydrogens (tertiary/aromatic N) is 5. The molecule has 3 aromatic rings. The van der Waals surface area contributed by atoms with Crippen LogP contribution < -0.4 is 15.4 Å². The summed E-state index contributed by atoms with van der Waals surface area (Å²) in [6, 6.07) is 1.31. The molecule has 0 radical (unpaired) electrons. The van der Waals surface area contributed by atoms with Gasteiger partial charge >= 0.3 is 0 Å². The highest BCUT2D eigenvalue weighted by Crippen LogP contribution is 2.28. The minimum atomic E-state index is -1.10. The summed E-state index contributed by atoms with van der Waals surface area (Å²) >= 11 is 0. The van der Waals surface area contributed by atoms with Gasteiger partial charge in [-0.1, -0.05) is 0 Å². The standard InChI is InChI=1S/C18H19F3N6O/c1-28-11-6-23-16(24-7-11)9-27-15-5-10(19)4-13(21)17(15)25-18(27)26-3-2-12(20)14(22)8-26/h4-7,12,14H,2-3,8-9,22H2,1H3/t12?,14-/m1/s1. The molecule has 1 aliphatic rings. The summed E-state index contributed by atoms with van der Waals surface area (Å²) in [4.78, 5) is 14.6. The van der Waals surface area contributed by atoms with Crippen molar-refractivity contribution in [2.75, 3.05) is 25.1 Å². The van der Waals surface area contributed by atoms with Crippen LogP contribution in [-0.4, -0.2) is 51.9 Å². The molecule has 0 aliphatic carbocycles. The zero-order valence-electron chi connectivity index (χ0n) is 15.1. The second kappa shape index (κ2) is 7.27. The Morgan fingerprint density at radius 2 is 2.00 bits per heavy atom. The van der Waals surface area contributed by atoms with E-state index in [2.05, 4.69) is 15.0 Å². The van der Waals surface area contributed by atoms with E-state index < -0.39 is 23.8 Å². The number of methoxy groups -OCH3 is 1. The molecule has 2 atom stereocenters. The quantitative estimate of drug-likeness (QED) is 0.732. The van der Waals surface area contributed by atoms with Crippen molar-refractivity contribution in [2.24, 2.45) is 5.73 Å². The van der Waals surface area contributed by atoms with E-state index in [0.717, 1.165) is 6.07 Å². The third-order valence-electron chi connectivity index (χ3n) is 4.82. The highest BCUT2D eigenvalue weighted by Gasteiger charge is 2.30. The molecule has 0 spiro atoms. The second-order valence-corrected chi connectivity index (χ2v) is 6.71. The molecule has 7 nitrogen and oxygen atoms in total. The van der Waals surface area contributed by atoms with Crippen LogP contribution in [0, 0.1) is 11.6 Å². The number of aromatic nitrogens is 4. The third-order valence-corrected chi connectivity index (χ3v) is 4.82. The number of nitrogens with two attached hydrogens (primary N) is 1. The van der Waals surface area contributed by atoms with Gasteiger partial charge in [0.05, 0.1) is 37.6 Å². The van der Waals surface area contributed by atoms with Crippen LogP contribution in [0.5, 0.6) is 5.75 Å². The lowest BCUT2D eigenvalue weighted by Gasteiger charge is -2.34. The Balaban J connectivity index is 1.79. The van der Waals surface area contributed by atoms with Crippen molar-refractivity contribution in [1.29, 1.82) is 0 Å². The summed E-state index contributed by atoms with van der Waals surface area (Å²) in [5, 5.41) is 0. The molecule has 2 aromatic heterocycles. The van der Waals surface area contributed by atoms with E-state index in [1.54, 1.807) is 9.47 Å². The summed E-state index contributed by atoms with van der Waals surface area (Å²) in [6.45, 7) is 0.716.